The number of rotatable bonds is 4. The van der Waals surface area contributed by atoms with E-state index in [-0.39, 0.29) is 0 Å². The Morgan fingerprint density at radius 2 is 2.06 bits per heavy atom. The monoisotopic (exact) mass is 250 g/mol. The Bertz CT molecular complexity index is 448. The summed E-state index contributed by atoms with van der Waals surface area (Å²) in [6, 6.07) is 8.69. The van der Waals surface area contributed by atoms with E-state index in [1.54, 1.807) is 11.8 Å². The normalized spacial score (nSPS) is 10.6. The van der Waals surface area contributed by atoms with Gasteiger partial charge in [-0.25, -0.2) is 4.98 Å². The maximum absolute atomic E-state index is 5.58. The van der Waals surface area contributed by atoms with Crippen LogP contribution in [0.1, 0.15) is 18.2 Å². The van der Waals surface area contributed by atoms with E-state index in [0.717, 1.165) is 17.9 Å². The highest BCUT2D eigenvalue weighted by atomic mass is 32.2. The Labute approximate surface area is 104 Å². The van der Waals surface area contributed by atoms with Gasteiger partial charge in [0.05, 0.1) is 5.69 Å². The fourth-order valence-corrected chi connectivity index (χ4v) is 2.83. The third-order valence-electron chi connectivity index (χ3n) is 2.29. The lowest BCUT2D eigenvalue weighted by atomic mass is 10.2. The number of thiazole rings is 1. The van der Waals surface area contributed by atoms with Crippen LogP contribution < -0.4 is 5.73 Å². The lowest BCUT2D eigenvalue weighted by Crippen LogP contribution is -1.85. The minimum atomic E-state index is 0.650. The molecule has 1 aromatic heterocycles. The molecule has 0 unspecified atom stereocenters. The first-order valence-electron chi connectivity index (χ1n) is 5.19. The first kappa shape index (κ1) is 11.5. The van der Waals surface area contributed by atoms with Gasteiger partial charge in [0.2, 0.25) is 0 Å². The minimum Gasteiger partial charge on any atom is -0.375 e. The summed E-state index contributed by atoms with van der Waals surface area (Å²) in [4.78, 5) is 5.52. The second-order valence-electron chi connectivity index (χ2n) is 3.46. The molecule has 0 aliphatic carbocycles. The fraction of sp³-hybridized carbons (Fsp3) is 0.250. The summed E-state index contributed by atoms with van der Waals surface area (Å²) in [5, 5.41) is 2.67. The van der Waals surface area contributed by atoms with Gasteiger partial charge >= 0.3 is 0 Å². The summed E-state index contributed by atoms with van der Waals surface area (Å²) in [6.45, 7) is 2.17. The molecular weight excluding hydrogens is 236 g/mol. The highest BCUT2D eigenvalue weighted by molar-refractivity contribution is 7.98. The smallest absolute Gasteiger partial charge is 0.180 e. The lowest BCUT2D eigenvalue weighted by molar-refractivity contribution is 1.13. The van der Waals surface area contributed by atoms with Crippen LogP contribution in [0.25, 0.3) is 0 Å². The standard InChI is InChI=1S/C12H14N2S2/c1-2-9-3-5-11(6-4-9)15-7-10-8-16-12(13)14-10/h3-6,8H,2,7H2,1H3,(H2,13,14). The van der Waals surface area contributed by atoms with E-state index in [1.165, 1.54) is 21.8 Å². The number of benzene rings is 1. The van der Waals surface area contributed by atoms with Crippen molar-refractivity contribution in [2.24, 2.45) is 0 Å². The molecule has 0 spiro atoms. The van der Waals surface area contributed by atoms with Gasteiger partial charge in [0.15, 0.2) is 5.13 Å². The van der Waals surface area contributed by atoms with Gasteiger partial charge in [-0.3, -0.25) is 0 Å². The van der Waals surface area contributed by atoms with Gasteiger partial charge in [-0.15, -0.1) is 23.1 Å². The molecule has 0 amide bonds. The molecule has 0 saturated carbocycles. The van der Waals surface area contributed by atoms with Crippen LogP contribution in [0.4, 0.5) is 5.13 Å². The number of aryl methyl sites for hydroxylation is 1. The lowest BCUT2D eigenvalue weighted by Gasteiger charge is -2.01. The van der Waals surface area contributed by atoms with E-state index in [2.05, 4.69) is 36.2 Å². The number of hydrogen-bond acceptors (Lipinski definition) is 4. The van der Waals surface area contributed by atoms with Crippen molar-refractivity contribution in [1.29, 1.82) is 0 Å². The maximum Gasteiger partial charge on any atom is 0.180 e. The minimum absolute atomic E-state index is 0.650. The predicted octanol–water partition coefficient (Wildman–Crippen LogP) is 3.58. The molecule has 4 heteroatoms. The zero-order valence-electron chi connectivity index (χ0n) is 9.14. The van der Waals surface area contributed by atoms with Crippen molar-refractivity contribution in [3.8, 4) is 0 Å². The molecule has 0 bridgehead atoms. The van der Waals surface area contributed by atoms with Crippen LogP contribution in [-0.2, 0) is 12.2 Å². The molecule has 2 rings (SSSR count). The Hall–Kier alpha value is -1.00. The van der Waals surface area contributed by atoms with Crippen molar-refractivity contribution < 1.29 is 0 Å². The summed E-state index contributed by atoms with van der Waals surface area (Å²) in [5.41, 5.74) is 8.02. The number of nitrogen functional groups attached to an aromatic ring is 1. The van der Waals surface area contributed by atoms with Crippen LogP contribution in [0.2, 0.25) is 0 Å². The van der Waals surface area contributed by atoms with Crippen molar-refractivity contribution in [2.45, 2.75) is 24.0 Å². The maximum atomic E-state index is 5.58. The molecule has 0 aliphatic rings. The average molecular weight is 250 g/mol. The van der Waals surface area contributed by atoms with Crippen LogP contribution in [0, 0.1) is 0 Å². The molecule has 0 aliphatic heterocycles. The van der Waals surface area contributed by atoms with Gasteiger partial charge < -0.3 is 5.73 Å². The number of nitrogens with zero attached hydrogens (tertiary/aromatic N) is 1. The highest BCUT2D eigenvalue weighted by Gasteiger charge is 2.00. The molecule has 16 heavy (non-hydrogen) atoms. The van der Waals surface area contributed by atoms with Gasteiger partial charge in [0.1, 0.15) is 0 Å². The average Bonchev–Trinajstić information content (AvgIpc) is 2.73. The van der Waals surface area contributed by atoms with Gasteiger partial charge in [-0.05, 0) is 24.1 Å². The molecule has 2 N–H and O–H groups in total. The number of aromatic nitrogens is 1. The van der Waals surface area contributed by atoms with Crippen LogP contribution in [0.15, 0.2) is 34.5 Å². The molecule has 0 saturated heterocycles. The van der Waals surface area contributed by atoms with Crippen molar-refractivity contribution in [2.75, 3.05) is 5.73 Å². The summed E-state index contributed by atoms with van der Waals surface area (Å²) in [6.07, 6.45) is 1.09. The van der Waals surface area contributed by atoms with Crippen LogP contribution >= 0.6 is 23.1 Å². The van der Waals surface area contributed by atoms with Gasteiger partial charge in [0.25, 0.3) is 0 Å². The van der Waals surface area contributed by atoms with Crippen LogP contribution in [0.3, 0.4) is 0 Å². The van der Waals surface area contributed by atoms with E-state index in [9.17, 15) is 0 Å². The number of hydrogen-bond donors (Lipinski definition) is 1. The highest BCUT2D eigenvalue weighted by Crippen LogP contribution is 2.24. The molecule has 2 aromatic rings. The summed E-state index contributed by atoms with van der Waals surface area (Å²) < 4.78 is 0. The second kappa shape index (κ2) is 5.37. The third kappa shape index (κ3) is 3.00. The van der Waals surface area contributed by atoms with Crippen molar-refractivity contribution in [3.05, 3.63) is 40.9 Å². The SMILES string of the molecule is CCc1ccc(SCc2csc(N)n2)cc1. The van der Waals surface area contributed by atoms with Crippen molar-refractivity contribution in [1.82, 2.24) is 4.98 Å². The van der Waals surface area contributed by atoms with Crippen molar-refractivity contribution in [3.63, 3.8) is 0 Å². The number of nitrogens with two attached hydrogens (primary N) is 1. The summed E-state index contributed by atoms with van der Waals surface area (Å²) in [5.74, 6) is 0.888. The van der Waals surface area contributed by atoms with Crippen LogP contribution in [0.5, 0.6) is 0 Å². The van der Waals surface area contributed by atoms with E-state index in [0.29, 0.717) is 5.13 Å². The largest absolute Gasteiger partial charge is 0.375 e. The fourth-order valence-electron chi connectivity index (χ4n) is 1.37. The third-order valence-corrected chi connectivity index (χ3v) is 4.06. The molecule has 2 nitrogen and oxygen atoms in total. The topological polar surface area (TPSA) is 38.9 Å². The molecule has 84 valence electrons. The first-order chi connectivity index (χ1) is 7.78. The molecule has 1 heterocycles. The zero-order chi connectivity index (χ0) is 11.4. The Kier molecular flexibility index (Phi) is 3.85. The molecule has 0 fully saturated rings. The first-order valence-corrected chi connectivity index (χ1v) is 7.06. The Morgan fingerprint density at radius 3 is 2.62 bits per heavy atom. The molecule has 0 atom stereocenters. The second-order valence-corrected chi connectivity index (χ2v) is 5.40. The summed E-state index contributed by atoms with van der Waals surface area (Å²) >= 11 is 3.29. The number of thioether (sulfide) groups is 1. The Balaban J connectivity index is 1.94. The zero-order valence-corrected chi connectivity index (χ0v) is 10.8. The van der Waals surface area contributed by atoms with Crippen molar-refractivity contribution >= 4 is 28.2 Å². The van der Waals surface area contributed by atoms with Crippen LogP contribution in [-0.4, -0.2) is 4.98 Å². The van der Waals surface area contributed by atoms with Gasteiger partial charge in [-0.2, -0.15) is 0 Å². The molecule has 0 radical (unpaired) electrons. The van der Waals surface area contributed by atoms with E-state index < -0.39 is 0 Å². The quantitative estimate of drug-likeness (QED) is 0.843. The van der Waals surface area contributed by atoms with E-state index in [4.69, 9.17) is 5.73 Å². The van der Waals surface area contributed by atoms with E-state index in [1.807, 2.05) is 5.38 Å². The van der Waals surface area contributed by atoms with E-state index >= 15 is 0 Å². The number of anilines is 1. The Morgan fingerprint density at radius 1 is 1.31 bits per heavy atom. The predicted molar refractivity (Wildman–Crippen MR) is 71.9 cm³/mol. The van der Waals surface area contributed by atoms with Gasteiger partial charge in [-0.1, -0.05) is 19.1 Å². The molecular formula is C12H14N2S2. The summed E-state index contributed by atoms with van der Waals surface area (Å²) in [7, 11) is 0. The molecule has 1 aromatic carbocycles. The van der Waals surface area contributed by atoms with Gasteiger partial charge in [0, 0.05) is 16.0 Å².